The van der Waals surface area contributed by atoms with Gasteiger partial charge in [-0.2, -0.15) is 0 Å². The van der Waals surface area contributed by atoms with Gasteiger partial charge in [0.15, 0.2) is 11.5 Å². The molecule has 6 nitrogen and oxygen atoms in total. The van der Waals surface area contributed by atoms with Crippen molar-refractivity contribution >= 4 is 23.3 Å². The van der Waals surface area contributed by atoms with Crippen LogP contribution in [-0.2, 0) is 11.2 Å². The number of nitrogens with one attached hydrogen (secondary N) is 1. The molecule has 1 N–H and O–H groups in total. The first-order valence-corrected chi connectivity index (χ1v) is 10.8. The quantitative estimate of drug-likeness (QED) is 0.490. The van der Waals surface area contributed by atoms with Crippen molar-refractivity contribution in [3.05, 3.63) is 64.6 Å². The molecule has 2 aromatic heterocycles. The van der Waals surface area contributed by atoms with Crippen LogP contribution in [0.1, 0.15) is 24.4 Å². The van der Waals surface area contributed by atoms with Gasteiger partial charge >= 0.3 is 0 Å². The van der Waals surface area contributed by atoms with Gasteiger partial charge in [0.25, 0.3) is 0 Å². The number of aromatic nitrogens is 2. The first kappa shape index (κ1) is 21.5. The van der Waals surface area contributed by atoms with E-state index in [1.54, 1.807) is 23.6 Å². The second-order valence-corrected chi connectivity index (χ2v) is 7.23. The molecular weight excluding hydrogens is 398 g/mol. The molecule has 0 bridgehead atoms. The van der Waals surface area contributed by atoms with Crippen molar-refractivity contribution in [2.45, 2.75) is 20.3 Å². The fourth-order valence-corrected chi connectivity index (χ4v) is 3.54. The minimum atomic E-state index is -0.150. The Morgan fingerprint density at radius 3 is 2.70 bits per heavy atom. The third-order valence-electron chi connectivity index (χ3n) is 4.11. The molecule has 0 aliphatic rings. The van der Waals surface area contributed by atoms with E-state index in [0.29, 0.717) is 37.7 Å². The average molecular weight is 424 g/mol. The van der Waals surface area contributed by atoms with Crippen LogP contribution in [0.25, 0.3) is 17.5 Å². The van der Waals surface area contributed by atoms with Crippen LogP contribution < -0.4 is 14.8 Å². The summed E-state index contributed by atoms with van der Waals surface area (Å²) in [5.41, 5.74) is 2.59. The molecule has 0 spiro atoms. The summed E-state index contributed by atoms with van der Waals surface area (Å²) >= 11 is 1.57. The molecule has 0 aliphatic carbocycles. The van der Waals surface area contributed by atoms with Crippen molar-refractivity contribution in [1.29, 1.82) is 0 Å². The lowest BCUT2D eigenvalue weighted by molar-refractivity contribution is -0.116. The molecule has 156 valence electrons. The van der Waals surface area contributed by atoms with Crippen LogP contribution in [0.4, 0.5) is 0 Å². The van der Waals surface area contributed by atoms with Gasteiger partial charge in [0, 0.05) is 30.6 Å². The van der Waals surface area contributed by atoms with Gasteiger partial charge in [-0.3, -0.25) is 9.78 Å². The number of carbonyl (C=O) groups is 1. The second kappa shape index (κ2) is 11.1. The highest BCUT2D eigenvalue weighted by molar-refractivity contribution is 7.09. The number of amides is 1. The van der Waals surface area contributed by atoms with Crippen molar-refractivity contribution in [2.75, 3.05) is 19.8 Å². The molecule has 0 fully saturated rings. The lowest BCUT2D eigenvalue weighted by Gasteiger charge is -2.11. The van der Waals surface area contributed by atoms with E-state index in [1.165, 1.54) is 6.08 Å². The lowest BCUT2D eigenvalue weighted by atomic mass is 10.2. The molecule has 0 unspecified atom stereocenters. The third kappa shape index (κ3) is 6.15. The summed E-state index contributed by atoms with van der Waals surface area (Å²) in [4.78, 5) is 21.0. The van der Waals surface area contributed by atoms with Gasteiger partial charge < -0.3 is 14.8 Å². The van der Waals surface area contributed by atoms with Crippen molar-refractivity contribution in [3.8, 4) is 22.9 Å². The Morgan fingerprint density at radius 1 is 1.10 bits per heavy atom. The minimum absolute atomic E-state index is 0.150. The zero-order chi connectivity index (χ0) is 21.2. The number of hydrogen-bond donors (Lipinski definition) is 1. The molecule has 3 aromatic rings. The molecule has 0 atom stereocenters. The van der Waals surface area contributed by atoms with Gasteiger partial charge in [-0.25, -0.2) is 4.98 Å². The molecular formula is C23H25N3O3S. The Labute approximate surface area is 180 Å². The highest BCUT2D eigenvalue weighted by Crippen LogP contribution is 2.29. The van der Waals surface area contributed by atoms with Crippen LogP contribution >= 0.6 is 11.3 Å². The number of thiazole rings is 1. The van der Waals surface area contributed by atoms with E-state index in [9.17, 15) is 4.79 Å². The smallest absolute Gasteiger partial charge is 0.244 e. The van der Waals surface area contributed by atoms with Gasteiger partial charge in [-0.1, -0.05) is 12.1 Å². The fraction of sp³-hybridized carbons (Fsp3) is 0.261. The van der Waals surface area contributed by atoms with Gasteiger partial charge in [0.1, 0.15) is 0 Å². The Morgan fingerprint density at radius 2 is 1.93 bits per heavy atom. The van der Waals surface area contributed by atoms with Gasteiger partial charge in [0.2, 0.25) is 5.91 Å². The maximum Gasteiger partial charge on any atom is 0.244 e. The third-order valence-corrected chi connectivity index (χ3v) is 5.02. The Balaban J connectivity index is 1.50. The summed E-state index contributed by atoms with van der Waals surface area (Å²) in [7, 11) is 0. The summed E-state index contributed by atoms with van der Waals surface area (Å²) in [5, 5.41) is 5.84. The molecule has 2 heterocycles. The summed E-state index contributed by atoms with van der Waals surface area (Å²) in [6, 6.07) is 11.4. The van der Waals surface area contributed by atoms with E-state index in [1.807, 2.05) is 55.6 Å². The highest BCUT2D eigenvalue weighted by Gasteiger charge is 2.07. The van der Waals surface area contributed by atoms with Crippen LogP contribution in [0.15, 0.2) is 54.1 Å². The van der Waals surface area contributed by atoms with Crippen LogP contribution in [0.5, 0.6) is 11.5 Å². The molecule has 0 saturated heterocycles. The monoisotopic (exact) mass is 423 g/mol. The predicted molar refractivity (Wildman–Crippen MR) is 120 cm³/mol. The van der Waals surface area contributed by atoms with E-state index in [2.05, 4.69) is 15.3 Å². The van der Waals surface area contributed by atoms with E-state index in [4.69, 9.17) is 9.47 Å². The van der Waals surface area contributed by atoms with Crippen molar-refractivity contribution < 1.29 is 14.3 Å². The fourth-order valence-electron chi connectivity index (χ4n) is 2.75. The normalized spacial score (nSPS) is 10.9. The van der Waals surface area contributed by atoms with Crippen molar-refractivity contribution in [2.24, 2.45) is 0 Å². The van der Waals surface area contributed by atoms with Crippen molar-refractivity contribution in [1.82, 2.24) is 15.3 Å². The van der Waals surface area contributed by atoms with E-state index in [-0.39, 0.29) is 5.91 Å². The van der Waals surface area contributed by atoms with Gasteiger partial charge in [0.05, 0.1) is 29.6 Å². The highest BCUT2D eigenvalue weighted by atomic mass is 32.1. The zero-order valence-corrected chi connectivity index (χ0v) is 17.9. The topological polar surface area (TPSA) is 73.3 Å². The maximum absolute atomic E-state index is 12.1. The maximum atomic E-state index is 12.1. The van der Waals surface area contributed by atoms with Crippen LogP contribution in [0, 0.1) is 0 Å². The SMILES string of the molecule is CCOc1ccc(/C=C/C(=O)NCCc2nc(-c3ccccn3)cs2)cc1OCC. The molecule has 1 aromatic carbocycles. The predicted octanol–water partition coefficient (Wildman–Crippen LogP) is 4.37. The number of carbonyl (C=O) groups excluding carboxylic acids is 1. The number of benzene rings is 1. The van der Waals surface area contributed by atoms with Crippen LogP contribution in [-0.4, -0.2) is 35.6 Å². The van der Waals surface area contributed by atoms with Crippen LogP contribution in [0.2, 0.25) is 0 Å². The number of hydrogen-bond acceptors (Lipinski definition) is 6. The molecule has 1 amide bonds. The molecule has 3 rings (SSSR count). The van der Waals surface area contributed by atoms with Gasteiger partial charge in [-0.15, -0.1) is 11.3 Å². The number of nitrogens with zero attached hydrogens (tertiary/aromatic N) is 2. The summed E-state index contributed by atoms with van der Waals surface area (Å²) in [6.07, 6.45) is 5.71. The van der Waals surface area contributed by atoms with Gasteiger partial charge in [-0.05, 0) is 49.8 Å². The number of rotatable bonds is 10. The standard InChI is InChI=1S/C23H25N3O3S/c1-3-28-20-10-8-17(15-21(20)29-4-2)9-11-22(27)25-14-12-23-26-19(16-30-23)18-7-5-6-13-24-18/h5-11,13,15-16H,3-4,12,14H2,1-2H3,(H,25,27)/b11-9+. The lowest BCUT2D eigenvalue weighted by Crippen LogP contribution is -2.23. The number of ether oxygens (including phenoxy) is 2. The zero-order valence-electron chi connectivity index (χ0n) is 17.1. The van der Waals surface area contributed by atoms with E-state index < -0.39 is 0 Å². The van der Waals surface area contributed by atoms with E-state index >= 15 is 0 Å². The summed E-state index contributed by atoms with van der Waals surface area (Å²) in [6.45, 7) is 5.49. The number of pyridine rings is 1. The molecule has 7 heteroatoms. The first-order valence-electron chi connectivity index (χ1n) is 9.91. The van der Waals surface area contributed by atoms with Crippen molar-refractivity contribution in [3.63, 3.8) is 0 Å². The minimum Gasteiger partial charge on any atom is -0.490 e. The largest absolute Gasteiger partial charge is 0.490 e. The average Bonchev–Trinajstić information content (AvgIpc) is 3.24. The molecule has 0 radical (unpaired) electrons. The molecule has 0 saturated carbocycles. The molecule has 30 heavy (non-hydrogen) atoms. The Kier molecular flexibility index (Phi) is 7.97. The Hall–Kier alpha value is -3.19. The van der Waals surface area contributed by atoms with E-state index in [0.717, 1.165) is 22.0 Å². The Bertz CT molecular complexity index is 986. The summed E-state index contributed by atoms with van der Waals surface area (Å²) < 4.78 is 11.2. The molecule has 0 aliphatic heterocycles. The van der Waals surface area contributed by atoms with Crippen LogP contribution in [0.3, 0.4) is 0 Å². The second-order valence-electron chi connectivity index (χ2n) is 6.29. The first-order chi connectivity index (χ1) is 14.7. The summed E-state index contributed by atoms with van der Waals surface area (Å²) in [5.74, 6) is 1.23.